The maximum Gasteiger partial charge on any atom is 0.250 e. The van der Waals surface area contributed by atoms with E-state index in [1.54, 1.807) is 6.07 Å². The summed E-state index contributed by atoms with van der Waals surface area (Å²) in [6, 6.07) is 2.89. The lowest BCUT2D eigenvalue weighted by Gasteiger charge is -2.54. The molecule has 1 aromatic heterocycles. The van der Waals surface area contributed by atoms with Gasteiger partial charge in [-0.15, -0.1) is 0 Å². The molecule has 6 heteroatoms. The molecule has 23 heavy (non-hydrogen) atoms. The molecular formula is C17H21FN2O3. The topological polar surface area (TPSA) is 51.7 Å². The summed E-state index contributed by atoms with van der Waals surface area (Å²) in [7, 11) is 0. The van der Waals surface area contributed by atoms with Crippen LogP contribution in [0.25, 0.3) is 0 Å². The first-order chi connectivity index (χ1) is 11.2. The van der Waals surface area contributed by atoms with E-state index in [0.29, 0.717) is 32.5 Å². The average molecular weight is 320 g/mol. The number of carbonyl (C=O) groups is 1. The Labute approximate surface area is 134 Å². The molecule has 1 spiro atoms. The number of rotatable bonds is 3. The molecule has 3 fully saturated rings. The molecule has 0 N–H and O–H groups in total. The van der Waals surface area contributed by atoms with Crippen LogP contribution in [0.5, 0.6) is 5.88 Å². The van der Waals surface area contributed by atoms with E-state index in [0.717, 1.165) is 19.3 Å². The molecular weight excluding hydrogens is 299 g/mol. The van der Waals surface area contributed by atoms with Crippen molar-refractivity contribution in [2.24, 2.45) is 5.92 Å². The van der Waals surface area contributed by atoms with E-state index in [1.807, 2.05) is 4.90 Å². The van der Waals surface area contributed by atoms with Crippen LogP contribution in [0.4, 0.5) is 4.39 Å². The van der Waals surface area contributed by atoms with Gasteiger partial charge in [-0.3, -0.25) is 4.79 Å². The van der Waals surface area contributed by atoms with E-state index in [-0.39, 0.29) is 29.4 Å². The summed E-state index contributed by atoms with van der Waals surface area (Å²) in [4.78, 5) is 18.1. The summed E-state index contributed by atoms with van der Waals surface area (Å²) in [6.45, 7) is 1.84. The van der Waals surface area contributed by atoms with Crippen molar-refractivity contribution in [2.45, 2.75) is 43.8 Å². The summed E-state index contributed by atoms with van der Waals surface area (Å²) < 4.78 is 25.3. The summed E-state index contributed by atoms with van der Waals surface area (Å²) in [5.74, 6) is 0.106. The first kappa shape index (κ1) is 14.9. The van der Waals surface area contributed by atoms with Gasteiger partial charge in [0.15, 0.2) is 5.82 Å². The second-order valence-corrected chi connectivity index (χ2v) is 6.88. The number of likely N-dealkylation sites (tertiary alicyclic amines) is 1. The van der Waals surface area contributed by atoms with Gasteiger partial charge in [-0.05, 0) is 25.0 Å². The molecule has 4 rings (SSSR count). The van der Waals surface area contributed by atoms with Crippen molar-refractivity contribution >= 4 is 5.91 Å². The number of hydrogen-bond donors (Lipinski definition) is 0. The molecule has 1 aliphatic carbocycles. The zero-order valence-electron chi connectivity index (χ0n) is 13.0. The van der Waals surface area contributed by atoms with Crippen LogP contribution in [0.3, 0.4) is 0 Å². The molecule has 2 aliphatic heterocycles. The second-order valence-electron chi connectivity index (χ2n) is 6.88. The van der Waals surface area contributed by atoms with E-state index in [4.69, 9.17) is 9.47 Å². The zero-order chi connectivity index (χ0) is 15.9. The fourth-order valence-corrected chi connectivity index (χ4v) is 3.64. The molecule has 0 bridgehead atoms. The number of ether oxygens (including phenoxy) is 2. The van der Waals surface area contributed by atoms with Gasteiger partial charge in [0.05, 0.1) is 19.7 Å². The largest absolute Gasteiger partial charge is 0.472 e. The Morgan fingerprint density at radius 3 is 2.91 bits per heavy atom. The van der Waals surface area contributed by atoms with Crippen molar-refractivity contribution in [1.82, 2.24) is 9.88 Å². The molecule has 1 saturated carbocycles. The number of nitrogens with zero attached hydrogens (tertiary/aromatic N) is 2. The highest BCUT2D eigenvalue weighted by molar-refractivity contribution is 5.80. The highest BCUT2D eigenvalue weighted by atomic mass is 19.1. The molecule has 0 aromatic carbocycles. The predicted octanol–water partition coefficient (Wildman–Crippen LogP) is 2.16. The van der Waals surface area contributed by atoms with Crippen LogP contribution in [0, 0.1) is 11.7 Å². The molecule has 1 atom stereocenters. The van der Waals surface area contributed by atoms with Gasteiger partial charge in [0.25, 0.3) is 5.88 Å². The van der Waals surface area contributed by atoms with Crippen molar-refractivity contribution in [1.29, 1.82) is 0 Å². The molecule has 3 aliphatic rings. The quantitative estimate of drug-likeness (QED) is 0.856. The van der Waals surface area contributed by atoms with Crippen LogP contribution < -0.4 is 4.74 Å². The van der Waals surface area contributed by atoms with Crippen molar-refractivity contribution in [3.8, 4) is 5.88 Å². The van der Waals surface area contributed by atoms with Gasteiger partial charge in [0.1, 0.15) is 11.7 Å². The Morgan fingerprint density at radius 1 is 1.39 bits per heavy atom. The van der Waals surface area contributed by atoms with Gasteiger partial charge < -0.3 is 14.4 Å². The highest BCUT2D eigenvalue weighted by Gasteiger charge is 2.51. The molecule has 1 aromatic rings. The minimum absolute atomic E-state index is 0.0521. The molecule has 5 nitrogen and oxygen atoms in total. The zero-order valence-corrected chi connectivity index (χ0v) is 13.0. The second kappa shape index (κ2) is 5.74. The van der Waals surface area contributed by atoms with E-state index in [9.17, 15) is 9.18 Å². The Bertz CT molecular complexity index is 599. The summed E-state index contributed by atoms with van der Waals surface area (Å²) >= 11 is 0. The standard InChI is InChI=1S/C17H21FN2O3/c18-14-5-2-7-19-15(14)23-13-6-8-22-17(9-13)10-20(11-17)16(21)12-3-1-4-12/h2,5,7,12-13H,1,3-4,6,8-11H2. The lowest BCUT2D eigenvalue weighted by molar-refractivity contribution is -0.197. The smallest absolute Gasteiger partial charge is 0.250 e. The van der Waals surface area contributed by atoms with E-state index < -0.39 is 5.82 Å². The van der Waals surface area contributed by atoms with Gasteiger partial charge >= 0.3 is 0 Å². The van der Waals surface area contributed by atoms with Crippen LogP contribution >= 0.6 is 0 Å². The van der Waals surface area contributed by atoms with Crippen LogP contribution in [0.1, 0.15) is 32.1 Å². The van der Waals surface area contributed by atoms with Gasteiger partial charge in [-0.1, -0.05) is 6.42 Å². The average Bonchev–Trinajstić information content (AvgIpc) is 2.45. The Morgan fingerprint density at radius 2 is 2.22 bits per heavy atom. The first-order valence-electron chi connectivity index (χ1n) is 8.35. The number of halogens is 1. The fraction of sp³-hybridized carbons (Fsp3) is 0.647. The Hall–Kier alpha value is -1.69. The number of aromatic nitrogens is 1. The van der Waals surface area contributed by atoms with Gasteiger partial charge in [-0.25, -0.2) is 9.37 Å². The fourth-order valence-electron chi connectivity index (χ4n) is 3.64. The maximum absolute atomic E-state index is 13.7. The Kier molecular flexibility index (Phi) is 3.71. The van der Waals surface area contributed by atoms with Gasteiger partial charge in [0.2, 0.25) is 5.91 Å². The third-order valence-electron chi connectivity index (χ3n) is 5.17. The maximum atomic E-state index is 13.7. The number of amides is 1. The SMILES string of the molecule is O=C(C1CCC1)N1CC2(CC(Oc3ncccc3F)CCO2)C1. The van der Waals surface area contributed by atoms with Crippen molar-refractivity contribution in [2.75, 3.05) is 19.7 Å². The van der Waals surface area contributed by atoms with Crippen molar-refractivity contribution < 1.29 is 18.7 Å². The minimum atomic E-state index is -0.441. The minimum Gasteiger partial charge on any atom is -0.472 e. The van der Waals surface area contributed by atoms with Gasteiger partial charge in [-0.2, -0.15) is 0 Å². The number of pyridine rings is 1. The third kappa shape index (κ3) is 2.80. The van der Waals surface area contributed by atoms with Crippen LogP contribution in [0.15, 0.2) is 18.3 Å². The summed E-state index contributed by atoms with van der Waals surface area (Å²) in [5.41, 5.74) is -0.312. The molecule has 1 amide bonds. The molecule has 2 saturated heterocycles. The summed E-state index contributed by atoms with van der Waals surface area (Å²) in [6.07, 6.45) is 6.01. The van der Waals surface area contributed by atoms with E-state index in [1.165, 1.54) is 12.3 Å². The molecule has 124 valence electrons. The number of hydrogen-bond acceptors (Lipinski definition) is 4. The van der Waals surface area contributed by atoms with Crippen LogP contribution in [-0.2, 0) is 9.53 Å². The number of carbonyl (C=O) groups excluding carboxylic acids is 1. The lowest BCUT2D eigenvalue weighted by atomic mass is 9.80. The summed E-state index contributed by atoms with van der Waals surface area (Å²) in [5, 5.41) is 0. The van der Waals surface area contributed by atoms with Crippen LogP contribution in [-0.4, -0.2) is 47.2 Å². The predicted molar refractivity (Wildman–Crippen MR) is 80.4 cm³/mol. The molecule has 0 radical (unpaired) electrons. The van der Waals surface area contributed by atoms with E-state index in [2.05, 4.69) is 4.98 Å². The van der Waals surface area contributed by atoms with Crippen molar-refractivity contribution in [3.05, 3.63) is 24.1 Å². The lowest BCUT2D eigenvalue weighted by Crippen LogP contribution is -2.68. The van der Waals surface area contributed by atoms with Crippen molar-refractivity contribution in [3.63, 3.8) is 0 Å². The van der Waals surface area contributed by atoms with Crippen LogP contribution in [0.2, 0.25) is 0 Å². The van der Waals surface area contributed by atoms with Gasteiger partial charge in [0, 0.05) is 25.0 Å². The normalized spacial score (nSPS) is 26.5. The highest BCUT2D eigenvalue weighted by Crippen LogP contribution is 2.38. The monoisotopic (exact) mass is 320 g/mol. The first-order valence-corrected chi connectivity index (χ1v) is 8.35. The molecule has 3 heterocycles. The molecule has 1 unspecified atom stereocenters. The third-order valence-corrected chi connectivity index (χ3v) is 5.17. The Balaban J connectivity index is 1.35. The van der Waals surface area contributed by atoms with E-state index >= 15 is 0 Å².